The molecule has 1 N–H and O–H groups in total. The number of aliphatic carboxylic acids is 1. The molecule has 0 spiro atoms. The van der Waals surface area contributed by atoms with Gasteiger partial charge in [0.15, 0.2) is 5.13 Å². The molecule has 0 unspecified atom stereocenters. The normalized spacial score (nSPS) is 14.5. The third-order valence-electron chi connectivity index (χ3n) is 5.87. The summed E-state index contributed by atoms with van der Waals surface area (Å²) in [6, 6.07) is 13.5. The number of amides is 1. The number of anilines is 1. The molecule has 0 aliphatic heterocycles. The summed E-state index contributed by atoms with van der Waals surface area (Å²) in [6.07, 6.45) is 0.639. The van der Waals surface area contributed by atoms with Crippen LogP contribution in [0.5, 0.6) is 5.75 Å². The number of likely N-dealkylation sites (N-methyl/N-ethyl adjacent to an activating group) is 1. The molecule has 168 valence electrons. The van der Waals surface area contributed by atoms with E-state index >= 15 is 0 Å². The molecule has 1 aliphatic carbocycles. The number of carbonyl (C=O) groups excluding carboxylic acids is 1. The first-order valence-corrected chi connectivity index (χ1v) is 11.3. The molecule has 7 nitrogen and oxygen atoms in total. The molecule has 0 radical (unpaired) electrons. The van der Waals surface area contributed by atoms with E-state index in [1.807, 2.05) is 61.5 Å². The Morgan fingerprint density at radius 1 is 1.12 bits per heavy atom. The lowest BCUT2D eigenvalue weighted by atomic mass is 9.80. The molecular formula is C24H27N3O4S. The predicted molar refractivity (Wildman–Crippen MR) is 126 cm³/mol. The fraction of sp³-hybridized carbons (Fsp3) is 0.375. The highest BCUT2D eigenvalue weighted by Gasteiger charge is 2.47. The van der Waals surface area contributed by atoms with Gasteiger partial charge in [-0.25, -0.2) is 4.98 Å². The Kier molecular flexibility index (Phi) is 6.17. The molecule has 1 amide bonds. The van der Waals surface area contributed by atoms with Gasteiger partial charge >= 0.3 is 5.97 Å². The van der Waals surface area contributed by atoms with Crippen molar-refractivity contribution in [3.8, 4) is 5.75 Å². The fourth-order valence-electron chi connectivity index (χ4n) is 4.25. The number of carboxylic acid groups (broad SMARTS) is 1. The van der Waals surface area contributed by atoms with Crippen molar-refractivity contribution in [2.75, 3.05) is 39.2 Å². The van der Waals surface area contributed by atoms with Gasteiger partial charge in [0.1, 0.15) is 12.4 Å². The maximum atomic E-state index is 13.6. The van der Waals surface area contributed by atoms with Crippen LogP contribution >= 0.6 is 11.3 Å². The first kappa shape index (κ1) is 22.2. The Bertz CT molecular complexity index is 1130. The van der Waals surface area contributed by atoms with Crippen molar-refractivity contribution in [3.05, 3.63) is 53.6 Å². The molecule has 1 aliphatic rings. The second-order valence-corrected chi connectivity index (χ2v) is 9.62. The van der Waals surface area contributed by atoms with Crippen molar-refractivity contribution in [2.45, 2.75) is 19.3 Å². The van der Waals surface area contributed by atoms with E-state index in [1.165, 1.54) is 16.2 Å². The van der Waals surface area contributed by atoms with Crippen LogP contribution in [-0.4, -0.2) is 61.2 Å². The van der Waals surface area contributed by atoms with Gasteiger partial charge in [0, 0.05) is 19.7 Å². The summed E-state index contributed by atoms with van der Waals surface area (Å²) in [5, 5.41) is 10.1. The minimum atomic E-state index is -0.997. The number of rotatable bonds is 8. The number of hydrogen-bond acceptors (Lipinski definition) is 6. The minimum Gasteiger partial charge on any atom is -0.492 e. The van der Waals surface area contributed by atoms with Crippen molar-refractivity contribution in [3.63, 3.8) is 0 Å². The average molecular weight is 454 g/mol. The van der Waals surface area contributed by atoms with Gasteiger partial charge in [-0.3, -0.25) is 14.5 Å². The van der Waals surface area contributed by atoms with Crippen LogP contribution in [0.15, 0.2) is 42.5 Å². The topological polar surface area (TPSA) is 83.0 Å². The van der Waals surface area contributed by atoms with E-state index in [4.69, 9.17) is 4.74 Å². The van der Waals surface area contributed by atoms with Crippen molar-refractivity contribution in [2.24, 2.45) is 5.41 Å². The van der Waals surface area contributed by atoms with E-state index in [-0.39, 0.29) is 12.3 Å². The summed E-state index contributed by atoms with van der Waals surface area (Å²) < 4.78 is 6.74. The number of aromatic nitrogens is 1. The highest BCUT2D eigenvalue weighted by atomic mass is 32.1. The molecule has 0 saturated heterocycles. The Labute approximate surface area is 191 Å². The van der Waals surface area contributed by atoms with Gasteiger partial charge in [-0.05, 0) is 50.2 Å². The molecular weight excluding hydrogens is 426 g/mol. The summed E-state index contributed by atoms with van der Waals surface area (Å²) in [5.74, 6) is -0.445. The van der Waals surface area contributed by atoms with Crippen molar-refractivity contribution >= 4 is 38.6 Å². The predicted octanol–water partition coefficient (Wildman–Crippen LogP) is 3.46. The van der Waals surface area contributed by atoms with Crippen molar-refractivity contribution < 1.29 is 19.4 Å². The average Bonchev–Trinajstić information content (AvgIpc) is 3.33. The van der Waals surface area contributed by atoms with E-state index in [0.717, 1.165) is 33.6 Å². The van der Waals surface area contributed by atoms with Crippen molar-refractivity contribution in [1.29, 1.82) is 0 Å². The van der Waals surface area contributed by atoms with Crippen LogP contribution < -0.4 is 9.64 Å². The summed E-state index contributed by atoms with van der Waals surface area (Å²) in [4.78, 5) is 33.5. The van der Waals surface area contributed by atoms with Gasteiger partial charge in [0.05, 0.1) is 22.1 Å². The molecule has 2 aromatic carbocycles. The molecule has 32 heavy (non-hydrogen) atoms. The van der Waals surface area contributed by atoms with E-state index in [9.17, 15) is 14.7 Å². The second kappa shape index (κ2) is 8.88. The number of carboxylic acids is 1. The monoisotopic (exact) mass is 453 g/mol. The maximum Gasteiger partial charge on any atom is 0.304 e. The van der Waals surface area contributed by atoms with E-state index in [2.05, 4.69) is 4.98 Å². The lowest BCUT2D eigenvalue weighted by Crippen LogP contribution is -2.44. The summed E-state index contributed by atoms with van der Waals surface area (Å²) >= 11 is 1.41. The van der Waals surface area contributed by atoms with Crippen LogP contribution in [0, 0.1) is 5.41 Å². The molecule has 0 fully saturated rings. The second-order valence-electron chi connectivity index (χ2n) is 8.61. The van der Waals surface area contributed by atoms with E-state index in [1.54, 1.807) is 7.05 Å². The van der Waals surface area contributed by atoms with Gasteiger partial charge in [0.2, 0.25) is 5.91 Å². The molecule has 0 bridgehead atoms. The number of hydrogen-bond donors (Lipinski definition) is 1. The SMILES string of the molecule is CN(C)CCOc1ccc2sc(N(C)C(=O)C3(CC(=O)O)Cc4ccccc4C3)nc2c1. The largest absolute Gasteiger partial charge is 0.492 e. The minimum absolute atomic E-state index is 0.209. The van der Waals surface area contributed by atoms with Crippen LogP contribution in [0.25, 0.3) is 10.2 Å². The Morgan fingerprint density at radius 3 is 2.44 bits per heavy atom. The quantitative estimate of drug-likeness (QED) is 0.563. The smallest absolute Gasteiger partial charge is 0.304 e. The van der Waals surface area contributed by atoms with Gasteiger partial charge in [-0.2, -0.15) is 0 Å². The molecule has 0 atom stereocenters. The van der Waals surface area contributed by atoms with Crippen molar-refractivity contribution in [1.82, 2.24) is 9.88 Å². The molecule has 1 heterocycles. The molecule has 3 aromatic rings. The van der Waals surface area contributed by atoms with E-state index in [0.29, 0.717) is 24.6 Å². The lowest BCUT2D eigenvalue weighted by Gasteiger charge is -2.30. The number of carbonyl (C=O) groups is 2. The first-order chi connectivity index (χ1) is 15.3. The van der Waals surface area contributed by atoms with Crippen LogP contribution in [0.4, 0.5) is 5.13 Å². The summed E-state index contributed by atoms with van der Waals surface area (Å²) in [7, 11) is 5.67. The molecule has 4 rings (SSSR count). The number of thiazole rings is 1. The number of benzene rings is 2. The molecule has 8 heteroatoms. The van der Waals surface area contributed by atoms with Gasteiger partial charge in [-0.1, -0.05) is 35.6 Å². The van der Waals surface area contributed by atoms with Gasteiger partial charge < -0.3 is 14.7 Å². The van der Waals surface area contributed by atoms with E-state index < -0.39 is 11.4 Å². The maximum absolute atomic E-state index is 13.6. The Morgan fingerprint density at radius 2 is 1.81 bits per heavy atom. The van der Waals surface area contributed by atoms with Crippen LogP contribution in [0.2, 0.25) is 0 Å². The van der Waals surface area contributed by atoms with Crippen LogP contribution in [0.3, 0.4) is 0 Å². The molecule has 1 aromatic heterocycles. The zero-order valence-corrected chi connectivity index (χ0v) is 19.3. The first-order valence-electron chi connectivity index (χ1n) is 10.5. The fourth-order valence-corrected chi connectivity index (χ4v) is 5.16. The zero-order valence-electron chi connectivity index (χ0n) is 18.5. The summed E-state index contributed by atoms with van der Waals surface area (Å²) in [5.41, 5.74) is 1.84. The molecule has 0 saturated carbocycles. The van der Waals surface area contributed by atoms with Gasteiger partial charge in [0.25, 0.3) is 0 Å². The zero-order chi connectivity index (χ0) is 22.9. The van der Waals surface area contributed by atoms with Gasteiger partial charge in [-0.15, -0.1) is 0 Å². The van der Waals surface area contributed by atoms with Crippen LogP contribution in [-0.2, 0) is 22.4 Å². The summed E-state index contributed by atoms with van der Waals surface area (Å²) in [6.45, 7) is 1.39. The lowest BCUT2D eigenvalue weighted by molar-refractivity contribution is -0.144. The number of ether oxygens (including phenoxy) is 1. The highest BCUT2D eigenvalue weighted by molar-refractivity contribution is 7.22. The Hall–Kier alpha value is -2.97. The Balaban J connectivity index is 1.57. The number of nitrogens with zero attached hydrogens (tertiary/aromatic N) is 3. The third-order valence-corrected chi connectivity index (χ3v) is 6.98. The highest BCUT2D eigenvalue weighted by Crippen LogP contribution is 2.42. The van der Waals surface area contributed by atoms with Crippen LogP contribution in [0.1, 0.15) is 17.5 Å². The number of fused-ring (bicyclic) bond motifs is 2. The third kappa shape index (κ3) is 4.47. The standard InChI is InChI=1S/C24H27N3O4S/c1-26(2)10-11-31-18-8-9-20-19(12-18)25-23(32-20)27(3)22(30)24(15-21(28)29)13-16-6-4-5-7-17(16)14-24/h4-9,12H,10-11,13-15H2,1-3H3,(H,28,29).